The first-order valence-corrected chi connectivity index (χ1v) is 8.90. The van der Waals surface area contributed by atoms with E-state index >= 15 is 0 Å². The van der Waals surface area contributed by atoms with Gasteiger partial charge in [-0.1, -0.05) is 49.0 Å². The van der Waals surface area contributed by atoms with Gasteiger partial charge in [0.05, 0.1) is 5.75 Å². The lowest BCUT2D eigenvalue weighted by Crippen LogP contribution is -2.04. The zero-order valence-electron chi connectivity index (χ0n) is 13.7. The van der Waals surface area contributed by atoms with Gasteiger partial charge in [-0.15, -0.1) is 5.10 Å². The molecule has 3 aromatic rings. The van der Waals surface area contributed by atoms with E-state index in [-0.39, 0.29) is 0 Å². The number of hydrogen-bond acceptors (Lipinski definition) is 6. The van der Waals surface area contributed by atoms with Crippen LogP contribution in [0.1, 0.15) is 43.0 Å². The molecule has 0 aliphatic heterocycles. The molecule has 0 amide bonds. The summed E-state index contributed by atoms with van der Waals surface area (Å²) in [5, 5.41) is 22.7. The molecule has 8 heteroatoms. The maximum Gasteiger partial charge on any atom is 0.208 e. The number of rotatable bonds is 7. The largest absolute Gasteiger partial charge is 0.380 e. The van der Waals surface area contributed by atoms with Crippen molar-refractivity contribution in [3.63, 3.8) is 0 Å². The summed E-state index contributed by atoms with van der Waals surface area (Å²) in [5.41, 5.74) is 0.784. The molecule has 2 heterocycles. The highest BCUT2D eigenvalue weighted by Gasteiger charge is 2.18. The van der Waals surface area contributed by atoms with E-state index in [1.54, 1.807) is 0 Å². The Labute approximate surface area is 144 Å². The molecular weight excluding hydrogens is 324 g/mol. The summed E-state index contributed by atoms with van der Waals surface area (Å²) in [7, 11) is 0. The van der Waals surface area contributed by atoms with E-state index < -0.39 is 6.10 Å². The summed E-state index contributed by atoms with van der Waals surface area (Å²) in [6.45, 7) is 4.72. The van der Waals surface area contributed by atoms with Gasteiger partial charge in [0.1, 0.15) is 17.8 Å². The average molecular weight is 344 g/mol. The summed E-state index contributed by atoms with van der Waals surface area (Å²) in [5.74, 6) is 2.69. The first-order valence-electron chi connectivity index (χ1n) is 7.92. The van der Waals surface area contributed by atoms with Crippen molar-refractivity contribution in [2.75, 3.05) is 0 Å². The fourth-order valence-corrected chi connectivity index (χ4v) is 3.04. The van der Waals surface area contributed by atoms with E-state index in [9.17, 15) is 5.11 Å². The van der Waals surface area contributed by atoms with Crippen molar-refractivity contribution < 1.29 is 5.11 Å². The SMILES string of the molecule is CCc1nc(SCc2nc(C(O)c3ccccc3)nn2CC)n[nH]1. The summed E-state index contributed by atoms with van der Waals surface area (Å²) < 4.78 is 1.81. The quantitative estimate of drug-likeness (QED) is 0.639. The van der Waals surface area contributed by atoms with Gasteiger partial charge in [-0.2, -0.15) is 5.10 Å². The maximum atomic E-state index is 10.5. The number of aromatic nitrogens is 6. The minimum Gasteiger partial charge on any atom is -0.380 e. The molecule has 0 fully saturated rings. The first kappa shape index (κ1) is 16.7. The van der Waals surface area contributed by atoms with Gasteiger partial charge in [-0.05, 0) is 12.5 Å². The Morgan fingerprint density at radius 2 is 2.00 bits per heavy atom. The fraction of sp³-hybridized carbons (Fsp3) is 0.375. The van der Waals surface area contributed by atoms with E-state index in [0.29, 0.717) is 23.3 Å². The number of nitrogens with one attached hydrogen (secondary N) is 1. The van der Waals surface area contributed by atoms with E-state index in [1.807, 2.05) is 48.9 Å². The van der Waals surface area contributed by atoms with Gasteiger partial charge >= 0.3 is 0 Å². The molecule has 24 heavy (non-hydrogen) atoms. The number of aliphatic hydroxyl groups is 1. The van der Waals surface area contributed by atoms with Gasteiger partial charge in [0.2, 0.25) is 5.16 Å². The highest BCUT2D eigenvalue weighted by molar-refractivity contribution is 7.98. The molecule has 1 atom stereocenters. The van der Waals surface area contributed by atoms with Crippen LogP contribution in [0.3, 0.4) is 0 Å². The molecule has 1 unspecified atom stereocenters. The Morgan fingerprint density at radius 3 is 2.67 bits per heavy atom. The van der Waals surface area contributed by atoms with Crippen LogP contribution in [0.15, 0.2) is 35.5 Å². The van der Waals surface area contributed by atoms with Crippen molar-refractivity contribution in [2.24, 2.45) is 0 Å². The van der Waals surface area contributed by atoms with Crippen LogP contribution in [-0.2, 0) is 18.7 Å². The number of aryl methyl sites for hydroxylation is 2. The molecule has 0 aliphatic rings. The standard InChI is InChI=1S/C16H20N6OS/c1-3-12-17-16(20-19-12)24-10-13-18-15(21-22(13)4-2)14(23)11-8-6-5-7-9-11/h5-9,14,23H,3-4,10H2,1-2H3,(H,17,19,20). The van der Waals surface area contributed by atoms with E-state index in [2.05, 4.69) is 25.3 Å². The third-order valence-corrected chi connectivity index (χ3v) is 4.44. The van der Waals surface area contributed by atoms with Crippen molar-refractivity contribution in [1.29, 1.82) is 0 Å². The highest BCUT2D eigenvalue weighted by atomic mass is 32.2. The Bertz CT molecular complexity index is 785. The number of thioether (sulfide) groups is 1. The van der Waals surface area contributed by atoms with Gasteiger partial charge in [0.15, 0.2) is 5.82 Å². The smallest absolute Gasteiger partial charge is 0.208 e. The van der Waals surface area contributed by atoms with Crippen LogP contribution in [0.25, 0.3) is 0 Å². The van der Waals surface area contributed by atoms with Crippen molar-refractivity contribution in [1.82, 2.24) is 29.9 Å². The topological polar surface area (TPSA) is 92.5 Å². The van der Waals surface area contributed by atoms with Gasteiger partial charge in [-0.3, -0.25) is 5.10 Å². The van der Waals surface area contributed by atoms with Crippen LogP contribution >= 0.6 is 11.8 Å². The van der Waals surface area contributed by atoms with Crippen molar-refractivity contribution in [2.45, 2.75) is 43.8 Å². The normalized spacial score (nSPS) is 12.5. The van der Waals surface area contributed by atoms with Crippen LogP contribution in [-0.4, -0.2) is 35.1 Å². The Kier molecular flexibility index (Phi) is 5.27. The lowest BCUT2D eigenvalue weighted by molar-refractivity contribution is 0.209. The molecule has 0 spiro atoms. The second-order valence-corrected chi connectivity index (χ2v) is 6.16. The van der Waals surface area contributed by atoms with Gasteiger partial charge in [0, 0.05) is 13.0 Å². The van der Waals surface area contributed by atoms with Crippen LogP contribution in [0.2, 0.25) is 0 Å². The van der Waals surface area contributed by atoms with Gasteiger partial charge < -0.3 is 5.11 Å². The molecule has 0 aliphatic carbocycles. The van der Waals surface area contributed by atoms with Crippen LogP contribution in [0.5, 0.6) is 0 Å². The van der Waals surface area contributed by atoms with Gasteiger partial charge in [-0.25, -0.2) is 14.6 Å². The highest BCUT2D eigenvalue weighted by Crippen LogP contribution is 2.22. The van der Waals surface area contributed by atoms with E-state index in [0.717, 1.165) is 23.6 Å². The van der Waals surface area contributed by atoms with E-state index in [1.165, 1.54) is 11.8 Å². The average Bonchev–Trinajstić information content (AvgIpc) is 3.26. The molecule has 2 aromatic heterocycles. The molecule has 2 N–H and O–H groups in total. The molecule has 0 saturated carbocycles. The molecule has 126 valence electrons. The molecular formula is C16H20N6OS. The minimum absolute atomic E-state index is 0.419. The van der Waals surface area contributed by atoms with Gasteiger partial charge in [0.25, 0.3) is 0 Å². The lowest BCUT2D eigenvalue weighted by Gasteiger charge is -2.05. The van der Waals surface area contributed by atoms with Crippen LogP contribution in [0.4, 0.5) is 0 Å². The summed E-state index contributed by atoms with van der Waals surface area (Å²) in [6.07, 6.45) is 0.00417. The molecule has 1 aromatic carbocycles. The van der Waals surface area contributed by atoms with E-state index in [4.69, 9.17) is 0 Å². The second-order valence-electron chi connectivity index (χ2n) is 5.22. The number of benzene rings is 1. The molecule has 7 nitrogen and oxygen atoms in total. The third kappa shape index (κ3) is 3.65. The number of aliphatic hydroxyl groups excluding tert-OH is 1. The minimum atomic E-state index is -0.821. The third-order valence-electron chi connectivity index (χ3n) is 3.60. The predicted octanol–water partition coefficient (Wildman–Crippen LogP) is 2.35. The van der Waals surface area contributed by atoms with Crippen molar-refractivity contribution >= 4 is 11.8 Å². The first-order chi connectivity index (χ1) is 11.7. The zero-order valence-corrected chi connectivity index (χ0v) is 14.5. The van der Waals surface area contributed by atoms with Crippen molar-refractivity contribution in [3.8, 4) is 0 Å². The summed E-state index contributed by atoms with van der Waals surface area (Å²) >= 11 is 1.50. The Hall–Kier alpha value is -2.19. The lowest BCUT2D eigenvalue weighted by atomic mass is 10.1. The van der Waals surface area contributed by atoms with Crippen LogP contribution in [0, 0.1) is 0 Å². The molecule has 0 bridgehead atoms. The summed E-state index contributed by atoms with van der Waals surface area (Å²) in [6, 6.07) is 9.43. The number of nitrogens with zero attached hydrogens (tertiary/aromatic N) is 5. The van der Waals surface area contributed by atoms with Crippen molar-refractivity contribution in [3.05, 3.63) is 53.4 Å². The maximum absolute atomic E-state index is 10.5. The monoisotopic (exact) mass is 344 g/mol. The molecule has 0 saturated heterocycles. The number of aromatic amines is 1. The number of H-pyrrole nitrogens is 1. The molecule has 0 radical (unpaired) electrons. The zero-order chi connectivity index (χ0) is 16.9. The summed E-state index contributed by atoms with van der Waals surface area (Å²) in [4.78, 5) is 8.89. The molecule has 3 rings (SSSR count). The van der Waals surface area contributed by atoms with Crippen LogP contribution < -0.4 is 0 Å². The Balaban J connectivity index is 1.75. The Morgan fingerprint density at radius 1 is 1.21 bits per heavy atom. The predicted molar refractivity (Wildman–Crippen MR) is 91.5 cm³/mol. The number of hydrogen-bond donors (Lipinski definition) is 2. The second kappa shape index (κ2) is 7.59. The fourth-order valence-electron chi connectivity index (χ4n) is 2.28.